The Bertz CT molecular complexity index is 808. The van der Waals surface area contributed by atoms with Gasteiger partial charge in [-0.05, 0) is 37.1 Å². The Morgan fingerprint density at radius 3 is 2.84 bits per heavy atom. The zero-order valence-electron chi connectivity index (χ0n) is 13.7. The Kier molecular flexibility index (Phi) is 4.51. The van der Waals surface area contributed by atoms with Gasteiger partial charge in [0.05, 0.1) is 18.6 Å². The fraction of sp³-hybridized carbons (Fsp3) is 0.500. The second-order valence-electron chi connectivity index (χ2n) is 6.21. The first-order chi connectivity index (χ1) is 12.2. The fourth-order valence-electron chi connectivity index (χ4n) is 2.66. The molecule has 2 aromatic rings. The predicted octanol–water partition coefficient (Wildman–Crippen LogP) is 3.07. The predicted molar refractivity (Wildman–Crippen MR) is 95.3 cm³/mol. The summed E-state index contributed by atoms with van der Waals surface area (Å²) in [6.07, 6.45) is 4.69. The van der Waals surface area contributed by atoms with Crippen LogP contribution in [0.2, 0.25) is 0 Å². The summed E-state index contributed by atoms with van der Waals surface area (Å²) in [4.78, 5) is 24.3. The van der Waals surface area contributed by atoms with Crippen LogP contribution in [0.3, 0.4) is 0 Å². The van der Waals surface area contributed by atoms with Crippen molar-refractivity contribution in [3.8, 4) is 0 Å². The number of rotatable bonds is 7. The summed E-state index contributed by atoms with van der Waals surface area (Å²) in [6, 6.07) is 2.20. The van der Waals surface area contributed by atoms with Gasteiger partial charge in [0.25, 0.3) is 0 Å². The maximum atomic E-state index is 12.3. The molecule has 7 nitrogen and oxygen atoms in total. The van der Waals surface area contributed by atoms with Gasteiger partial charge in [0.1, 0.15) is 10.7 Å². The summed E-state index contributed by atoms with van der Waals surface area (Å²) < 4.78 is 6.94. The first kappa shape index (κ1) is 16.6. The van der Waals surface area contributed by atoms with Crippen LogP contribution in [-0.4, -0.2) is 39.5 Å². The van der Waals surface area contributed by atoms with Crippen LogP contribution in [0.15, 0.2) is 16.6 Å². The molecule has 9 heteroatoms. The van der Waals surface area contributed by atoms with E-state index in [0.717, 1.165) is 23.8 Å². The molecular formula is C16H18N4O3S2. The smallest absolute Gasteiger partial charge is 0.350 e. The lowest BCUT2D eigenvalue weighted by Crippen LogP contribution is -2.16. The van der Waals surface area contributed by atoms with Crippen LogP contribution in [0, 0.1) is 0 Å². The molecule has 0 atom stereocenters. The first-order valence-electron chi connectivity index (χ1n) is 8.20. The molecule has 2 aromatic heterocycles. The number of thiophene rings is 1. The molecule has 0 spiro atoms. The van der Waals surface area contributed by atoms with Crippen LogP contribution in [0.5, 0.6) is 0 Å². The number of amides is 1. The number of thioether (sulfide) groups is 1. The monoisotopic (exact) mass is 378 g/mol. The van der Waals surface area contributed by atoms with E-state index in [9.17, 15) is 9.59 Å². The number of carbonyl (C=O) groups excluding carboxylic acids is 2. The third kappa shape index (κ3) is 3.57. The zero-order chi connectivity index (χ0) is 17.4. The first-order valence-corrected chi connectivity index (χ1v) is 10.1. The van der Waals surface area contributed by atoms with E-state index in [4.69, 9.17) is 4.74 Å². The highest BCUT2D eigenvalue weighted by Gasteiger charge is 2.36. The van der Waals surface area contributed by atoms with Crippen molar-refractivity contribution in [2.45, 2.75) is 42.8 Å². The minimum absolute atomic E-state index is 0.174. The Morgan fingerprint density at radius 1 is 1.36 bits per heavy atom. The molecule has 2 heterocycles. The molecular weight excluding hydrogens is 360 g/mol. The van der Waals surface area contributed by atoms with Gasteiger partial charge >= 0.3 is 5.97 Å². The summed E-state index contributed by atoms with van der Waals surface area (Å²) in [5.74, 6) is 1.24. The minimum Gasteiger partial charge on any atom is -0.465 e. The largest absolute Gasteiger partial charge is 0.465 e. The second-order valence-corrected chi connectivity index (χ2v) is 8.07. The van der Waals surface area contributed by atoms with Gasteiger partial charge in [-0.25, -0.2) is 4.79 Å². The SMILES string of the molecule is COC(=O)c1sccc1NC(=O)CSc1nnc(C2CC2)n1C1CC1. The maximum Gasteiger partial charge on any atom is 0.350 e. The number of nitrogens with one attached hydrogen (secondary N) is 1. The van der Waals surface area contributed by atoms with Crippen LogP contribution in [0.25, 0.3) is 0 Å². The van der Waals surface area contributed by atoms with Crippen LogP contribution in [0.1, 0.15) is 53.1 Å². The quantitative estimate of drug-likeness (QED) is 0.589. The van der Waals surface area contributed by atoms with Crippen LogP contribution >= 0.6 is 23.1 Å². The van der Waals surface area contributed by atoms with Gasteiger partial charge in [0, 0.05) is 12.0 Å². The molecule has 2 aliphatic rings. The Balaban J connectivity index is 1.40. The lowest BCUT2D eigenvalue weighted by molar-refractivity contribution is -0.113. The molecule has 4 rings (SSSR count). The molecule has 0 unspecified atom stereocenters. The number of esters is 1. The fourth-order valence-corrected chi connectivity index (χ4v) is 4.24. The third-order valence-electron chi connectivity index (χ3n) is 4.19. The minimum atomic E-state index is -0.444. The molecule has 2 fully saturated rings. The number of carbonyl (C=O) groups is 2. The highest BCUT2D eigenvalue weighted by molar-refractivity contribution is 7.99. The summed E-state index contributed by atoms with van der Waals surface area (Å²) in [6.45, 7) is 0. The maximum absolute atomic E-state index is 12.3. The molecule has 0 saturated heterocycles. The Labute approximate surface area is 153 Å². The number of aromatic nitrogens is 3. The summed E-state index contributed by atoms with van der Waals surface area (Å²) in [7, 11) is 1.33. The average Bonchev–Trinajstić information content (AvgIpc) is 3.54. The molecule has 1 N–H and O–H groups in total. The summed E-state index contributed by atoms with van der Waals surface area (Å²) >= 11 is 2.64. The number of hydrogen-bond acceptors (Lipinski definition) is 7. The van der Waals surface area contributed by atoms with Gasteiger partial charge in [-0.15, -0.1) is 21.5 Å². The number of methoxy groups -OCH3 is 1. The normalized spacial score (nSPS) is 16.7. The van der Waals surface area contributed by atoms with E-state index >= 15 is 0 Å². The number of nitrogens with zero attached hydrogens (tertiary/aromatic N) is 3. The molecule has 25 heavy (non-hydrogen) atoms. The number of anilines is 1. The van der Waals surface area contributed by atoms with E-state index in [0.29, 0.717) is 22.5 Å². The van der Waals surface area contributed by atoms with Gasteiger partial charge in [0.2, 0.25) is 5.91 Å². The molecule has 0 aromatic carbocycles. The second kappa shape index (κ2) is 6.80. The molecule has 132 valence electrons. The van der Waals surface area contributed by atoms with Crippen LogP contribution in [0.4, 0.5) is 5.69 Å². The van der Waals surface area contributed by atoms with Crippen molar-refractivity contribution in [3.63, 3.8) is 0 Å². The van der Waals surface area contributed by atoms with Crippen molar-refractivity contribution in [2.75, 3.05) is 18.2 Å². The topological polar surface area (TPSA) is 86.1 Å². The summed E-state index contributed by atoms with van der Waals surface area (Å²) in [5, 5.41) is 14.0. The highest BCUT2D eigenvalue weighted by Crippen LogP contribution is 2.46. The van der Waals surface area contributed by atoms with Crippen molar-refractivity contribution in [2.24, 2.45) is 0 Å². The lowest BCUT2D eigenvalue weighted by Gasteiger charge is -2.08. The zero-order valence-corrected chi connectivity index (χ0v) is 15.4. The van der Waals surface area contributed by atoms with Crippen molar-refractivity contribution < 1.29 is 14.3 Å². The molecule has 1 amide bonds. The van der Waals surface area contributed by atoms with E-state index in [1.165, 1.54) is 43.1 Å². The lowest BCUT2D eigenvalue weighted by atomic mass is 10.4. The molecule has 0 radical (unpaired) electrons. The van der Waals surface area contributed by atoms with E-state index in [1.54, 1.807) is 11.4 Å². The standard InChI is InChI=1S/C16H18N4O3S2/c1-23-15(22)13-11(6-7-24-13)17-12(21)8-25-16-19-18-14(9-2-3-9)20(16)10-4-5-10/h6-7,9-10H,2-5,8H2,1H3,(H,17,21). The molecule has 0 aliphatic heterocycles. The van der Waals surface area contributed by atoms with Crippen LogP contribution in [-0.2, 0) is 9.53 Å². The van der Waals surface area contributed by atoms with Gasteiger partial charge in [0.15, 0.2) is 5.16 Å². The summed E-state index contributed by atoms with van der Waals surface area (Å²) in [5.41, 5.74) is 0.491. The van der Waals surface area contributed by atoms with Crippen molar-refractivity contribution in [1.29, 1.82) is 0 Å². The van der Waals surface area contributed by atoms with Crippen molar-refractivity contribution >= 4 is 40.7 Å². The van der Waals surface area contributed by atoms with E-state index in [1.807, 2.05) is 0 Å². The average molecular weight is 378 g/mol. The van der Waals surface area contributed by atoms with Gasteiger partial charge in [-0.2, -0.15) is 0 Å². The van der Waals surface area contributed by atoms with Gasteiger partial charge in [-0.3, -0.25) is 4.79 Å². The number of hydrogen-bond donors (Lipinski definition) is 1. The molecule has 2 aliphatic carbocycles. The Hall–Kier alpha value is -1.87. The number of ether oxygens (including phenoxy) is 1. The van der Waals surface area contributed by atoms with E-state index in [-0.39, 0.29) is 11.7 Å². The molecule has 2 saturated carbocycles. The highest BCUT2D eigenvalue weighted by atomic mass is 32.2. The Morgan fingerprint density at radius 2 is 2.16 bits per heavy atom. The van der Waals surface area contributed by atoms with Gasteiger partial charge < -0.3 is 14.6 Å². The third-order valence-corrected chi connectivity index (χ3v) is 6.03. The van der Waals surface area contributed by atoms with Crippen LogP contribution < -0.4 is 5.32 Å². The van der Waals surface area contributed by atoms with E-state index in [2.05, 4.69) is 20.1 Å². The van der Waals surface area contributed by atoms with E-state index < -0.39 is 5.97 Å². The molecule has 0 bridgehead atoms. The van der Waals surface area contributed by atoms with Gasteiger partial charge in [-0.1, -0.05) is 11.8 Å². The van der Waals surface area contributed by atoms with Crippen molar-refractivity contribution in [3.05, 3.63) is 22.1 Å². The van der Waals surface area contributed by atoms with Crippen molar-refractivity contribution in [1.82, 2.24) is 14.8 Å².